The van der Waals surface area contributed by atoms with Crippen LogP contribution in [0.4, 0.5) is 5.69 Å². The van der Waals surface area contributed by atoms with Crippen LogP contribution in [0.1, 0.15) is 26.2 Å². The van der Waals surface area contributed by atoms with Gasteiger partial charge in [-0.15, -0.1) is 0 Å². The van der Waals surface area contributed by atoms with E-state index in [1.54, 1.807) is 24.3 Å². The molecule has 1 heterocycles. The van der Waals surface area contributed by atoms with E-state index in [2.05, 4.69) is 5.32 Å². The van der Waals surface area contributed by atoms with Crippen LogP contribution in [0.25, 0.3) is 0 Å². The van der Waals surface area contributed by atoms with Crippen LogP contribution < -0.4 is 10.1 Å². The summed E-state index contributed by atoms with van der Waals surface area (Å²) in [5.41, 5.74) is 0.456. The fraction of sp³-hybridized carbons (Fsp3) is 0.524. The molecule has 0 spiro atoms. The summed E-state index contributed by atoms with van der Waals surface area (Å²) < 4.78 is 10.2. The first-order valence-electron chi connectivity index (χ1n) is 9.88. The number of nitrogens with one attached hydrogen (secondary N) is 1. The zero-order valence-corrected chi connectivity index (χ0v) is 16.4. The fourth-order valence-corrected chi connectivity index (χ4v) is 5.11. The Hall–Kier alpha value is -2.90. The summed E-state index contributed by atoms with van der Waals surface area (Å²) in [6, 6.07) is 5.82. The Balaban J connectivity index is 1.35. The lowest BCUT2D eigenvalue weighted by Crippen LogP contribution is -2.45. The molecule has 0 radical (unpaired) electrons. The molecule has 3 aliphatic rings. The Morgan fingerprint density at radius 3 is 2.38 bits per heavy atom. The van der Waals surface area contributed by atoms with Crippen LogP contribution in [0.5, 0.6) is 5.75 Å². The van der Waals surface area contributed by atoms with Crippen molar-refractivity contribution in [3.05, 3.63) is 24.3 Å². The number of carbonyl (C=O) groups excluding carboxylic acids is 4. The lowest BCUT2D eigenvalue weighted by atomic mass is 9.81. The number of hydrogen-bond acceptors (Lipinski definition) is 6. The Morgan fingerprint density at radius 1 is 1.14 bits per heavy atom. The highest BCUT2D eigenvalue weighted by molar-refractivity contribution is 6.08. The largest absolute Gasteiger partial charge is 0.495 e. The van der Waals surface area contributed by atoms with E-state index in [1.165, 1.54) is 14.0 Å². The van der Waals surface area contributed by atoms with Crippen LogP contribution >= 0.6 is 0 Å². The molecule has 0 unspecified atom stereocenters. The third kappa shape index (κ3) is 3.26. The molecule has 0 aromatic heterocycles. The standard InChI is InChI=1S/C21H24N2O6/c1-11(23-19(25)17-12-7-8-13(9-12)18(17)20(23)26)21(27)29-10-16(24)22-14-5-3-4-6-15(14)28-2/h3-6,11-13,17-18H,7-10H2,1-2H3,(H,22,24)/t11-,12-,13-,17+,18+/m0/s1. The summed E-state index contributed by atoms with van der Waals surface area (Å²) in [7, 11) is 1.48. The van der Waals surface area contributed by atoms with Crippen molar-refractivity contribution in [2.75, 3.05) is 19.0 Å². The molecule has 29 heavy (non-hydrogen) atoms. The number of ether oxygens (including phenoxy) is 2. The van der Waals surface area contributed by atoms with E-state index < -0.39 is 24.5 Å². The van der Waals surface area contributed by atoms with E-state index >= 15 is 0 Å². The second-order valence-electron chi connectivity index (χ2n) is 7.96. The number of nitrogens with zero attached hydrogens (tertiary/aromatic N) is 1. The van der Waals surface area contributed by atoms with Crippen LogP contribution in [0.2, 0.25) is 0 Å². The quantitative estimate of drug-likeness (QED) is 0.575. The smallest absolute Gasteiger partial charge is 0.329 e. The maximum Gasteiger partial charge on any atom is 0.329 e. The predicted octanol–water partition coefficient (Wildman–Crippen LogP) is 1.60. The van der Waals surface area contributed by atoms with Gasteiger partial charge in [0.1, 0.15) is 11.8 Å². The highest BCUT2D eigenvalue weighted by Crippen LogP contribution is 2.56. The second kappa shape index (κ2) is 7.50. The van der Waals surface area contributed by atoms with Gasteiger partial charge >= 0.3 is 5.97 Å². The monoisotopic (exact) mass is 400 g/mol. The number of para-hydroxylation sites is 2. The lowest BCUT2D eigenvalue weighted by Gasteiger charge is -2.23. The molecule has 154 valence electrons. The summed E-state index contributed by atoms with van der Waals surface area (Å²) >= 11 is 0. The van der Waals surface area contributed by atoms with Gasteiger partial charge in [0.25, 0.3) is 5.91 Å². The Kier molecular flexibility index (Phi) is 5.02. The van der Waals surface area contributed by atoms with Gasteiger partial charge in [-0.25, -0.2) is 4.79 Å². The van der Waals surface area contributed by atoms with Crippen molar-refractivity contribution in [1.82, 2.24) is 4.90 Å². The molecule has 1 N–H and O–H groups in total. The third-order valence-corrected chi connectivity index (χ3v) is 6.42. The Bertz CT molecular complexity index is 840. The van der Waals surface area contributed by atoms with Crippen LogP contribution in [-0.4, -0.2) is 48.3 Å². The summed E-state index contributed by atoms with van der Waals surface area (Å²) in [6.45, 7) is 0.953. The van der Waals surface area contributed by atoms with Crippen LogP contribution in [0.3, 0.4) is 0 Å². The van der Waals surface area contributed by atoms with Crippen molar-refractivity contribution < 1.29 is 28.7 Å². The minimum Gasteiger partial charge on any atom is -0.495 e. The number of fused-ring (bicyclic) bond motifs is 5. The van der Waals surface area contributed by atoms with Gasteiger partial charge in [0.15, 0.2) is 6.61 Å². The van der Waals surface area contributed by atoms with E-state index in [1.807, 2.05) is 0 Å². The van der Waals surface area contributed by atoms with Gasteiger partial charge in [0.05, 0.1) is 24.6 Å². The molecule has 4 rings (SSSR count). The molecule has 8 heteroatoms. The number of methoxy groups -OCH3 is 1. The summed E-state index contributed by atoms with van der Waals surface area (Å²) in [5.74, 6) is -1.43. The highest BCUT2D eigenvalue weighted by atomic mass is 16.5. The van der Waals surface area contributed by atoms with Gasteiger partial charge in [-0.3, -0.25) is 19.3 Å². The summed E-state index contributed by atoms with van der Waals surface area (Å²) in [6.07, 6.45) is 2.88. The van der Waals surface area contributed by atoms with E-state index in [0.29, 0.717) is 11.4 Å². The maximum atomic E-state index is 12.8. The summed E-state index contributed by atoms with van der Waals surface area (Å²) in [5, 5.41) is 2.61. The average Bonchev–Trinajstić information content (AvgIpc) is 3.40. The molecule has 8 nitrogen and oxygen atoms in total. The molecular weight excluding hydrogens is 376 g/mol. The van der Waals surface area contributed by atoms with E-state index in [9.17, 15) is 19.2 Å². The fourth-order valence-electron chi connectivity index (χ4n) is 5.11. The van der Waals surface area contributed by atoms with Crippen LogP contribution in [0.15, 0.2) is 24.3 Å². The van der Waals surface area contributed by atoms with Gasteiger partial charge in [-0.2, -0.15) is 0 Å². The zero-order chi connectivity index (χ0) is 20.7. The molecule has 1 aromatic carbocycles. The van der Waals surface area contributed by atoms with Crippen molar-refractivity contribution >= 4 is 29.4 Å². The van der Waals surface area contributed by atoms with Crippen LogP contribution in [-0.2, 0) is 23.9 Å². The molecule has 1 saturated heterocycles. The minimum atomic E-state index is -1.04. The number of benzene rings is 1. The average molecular weight is 400 g/mol. The van der Waals surface area contributed by atoms with Gasteiger partial charge in [-0.1, -0.05) is 12.1 Å². The van der Waals surface area contributed by atoms with Gasteiger partial charge in [0, 0.05) is 0 Å². The molecule has 1 aromatic rings. The van der Waals surface area contributed by atoms with Crippen molar-refractivity contribution in [3.63, 3.8) is 0 Å². The number of amides is 3. The lowest BCUT2D eigenvalue weighted by molar-refractivity contribution is -0.159. The molecule has 2 aliphatic carbocycles. The number of imide groups is 1. The van der Waals surface area contributed by atoms with Crippen LogP contribution in [0, 0.1) is 23.7 Å². The molecule has 5 atom stereocenters. The Labute approximate surface area is 168 Å². The normalized spacial score (nSPS) is 28.3. The molecule has 3 fully saturated rings. The minimum absolute atomic E-state index is 0.251. The third-order valence-electron chi connectivity index (χ3n) is 6.42. The van der Waals surface area contributed by atoms with Crippen molar-refractivity contribution in [3.8, 4) is 5.75 Å². The SMILES string of the molecule is COc1ccccc1NC(=O)COC(=O)[C@H](C)N1C(=O)[C@@H]2[C@H]3CC[C@@H](C3)[C@H]2C1=O. The number of esters is 1. The molecular formula is C21H24N2O6. The first-order chi connectivity index (χ1) is 13.9. The van der Waals surface area contributed by atoms with Crippen molar-refractivity contribution in [1.29, 1.82) is 0 Å². The van der Waals surface area contributed by atoms with Gasteiger partial charge < -0.3 is 14.8 Å². The number of anilines is 1. The maximum absolute atomic E-state index is 12.8. The Morgan fingerprint density at radius 2 is 1.76 bits per heavy atom. The van der Waals surface area contributed by atoms with E-state index in [-0.39, 0.29) is 35.5 Å². The van der Waals surface area contributed by atoms with Crippen molar-refractivity contribution in [2.24, 2.45) is 23.7 Å². The number of hydrogen-bond donors (Lipinski definition) is 1. The molecule has 2 saturated carbocycles. The first kappa shape index (κ1) is 19.4. The highest BCUT2D eigenvalue weighted by Gasteiger charge is 2.62. The molecule has 3 amide bonds. The number of likely N-dealkylation sites (tertiary alicyclic amines) is 1. The van der Waals surface area contributed by atoms with Gasteiger partial charge in [-0.05, 0) is 50.2 Å². The van der Waals surface area contributed by atoms with Gasteiger partial charge in [0.2, 0.25) is 11.8 Å². The predicted molar refractivity (Wildman–Crippen MR) is 102 cm³/mol. The van der Waals surface area contributed by atoms with Crippen molar-refractivity contribution in [2.45, 2.75) is 32.2 Å². The van der Waals surface area contributed by atoms with E-state index in [0.717, 1.165) is 24.2 Å². The van der Waals surface area contributed by atoms with E-state index in [4.69, 9.17) is 9.47 Å². The second-order valence-corrected chi connectivity index (χ2v) is 7.96. The number of rotatable bonds is 6. The first-order valence-corrected chi connectivity index (χ1v) is 9.88. The zero-order valence-electron chi connectivity index (χ0n) is 16.4. The number of carbonyl (C=O) groups is 4. The molecule has 1 aliphatic heterocycles. The summed E-state index contributed by atoms with van der Waals surface area (Å²) in [4.78, 5) is 51.2. The topological polar surface area (TPSA) is 102 Å². The molecule has 2 bridgehead atoms.